The molecule has 2 aromatic carbocycles. The first kappa shape index (κ1) is 18.1. The van der Waals surface area contributed by atoms with Gasteiger partial charge in [0, 0.05) is 5.02 Å². The number of phenolic OH excluding ortho intramolecular Hbond substituents is 1. The maximum absolute atomic E-state index is 12.6. The number of amides is 1. The summed E-state index contributed by atoms with van der Waals surface area (Å²) in [5.41, 5.74) is 1.16. The fraction of sp³-hybridized carbons (Fsp3) is 0.0667. The molecule has 0 saturated heterocycles. The molecular weight excluding hydrogens is 368 g/mol. The van der Waals surface area contributed by atoms with Crippen molar-refractivity contribution >= 4 is 35.3 Å². The van der Waals surface area contributed by atoms with Crippen molar-refractivity contribution in [3.05, 3.63) is 63.1 Å². The number of benzene rings is 2. The Morgan fingerprint density at radius 2 is 1.92 bits per heavy atom. The SMILES string of the molecule is O=C(N/N=C/c1cccc(C(F)(F)F)c1)c1cc(Cl)cc(Cl)c1O. The zero-order chi connectivity index (χ0) is 17.9. The van der Waals surface area contributed by atoms with E-state index < -0.39 is 23.4 Å². The second-order valence-corrected chi connectivity index (χ2v) is 5.45. The van der Waals surface area contributed by atoms with Crippen LogP contribution in [-0.4, -0.2) is 17.2 Å². The number of nitrogens with zero attached hydrogens (tertiary/aromatic N) is 1. The first-order chi connectivity index (χ1) is 11.2. The van der Waals surface area contributed by atoms with Crippen LogP contribution < -0.4 is 5.43 Å². The number of hydrogen-bond acceptors (Lipinski definition) is 3. The van der Waals surface area contributed by atoms with Gasteiger partial charge in [0.05, 0.1) is 22.4 Å². The lowest BCUT2D eigenvalue weighted by Gasteiger charge is -2.07. The number of hydrogen-bond donors (Lipinski definition) is 2. The molecule has 1 amide bonds. The van der Waals surface area contributed by atoms with E-state index in [1.807, 2.05) is 0 Å². The van der Waals surface area contributed by atoms with Crippen LogP contribution in [0.3, 0.4) is 0 Å². The van der Waals surface area contributed by atoms with Crippen molar-refractivity contribution in [1.82, 2.24) is 5.43 Å². The third kappa shape index (κ3) is 4.39. The largest absolute Gasteiger partial charge is 0.506 e. The van der Waals surface area contributed by atoms with Crippen LogP contribution in [0.5, 0.6) is 5.75 Å². The van der Waals surface area contributed by atoms with E-state index in [4.69, 9.17) is 23.2 Å². The number of aromatic hydroxyl groups is 1. The number of carbonyl (C=O) groups is 1. The molecule has 24 heavy (non-hydrogen) atoms. The van der Waals surface area contributed by atoms with Gasteiger partial charge in [-0.3, -0.25) is 4.79 Å². The summed E-state index contributed by atoms with van der Waals surface area (Å²) in [7, 11) is 0. The number of rotatable bonds is 3. The Morgan fingerprint density at radius 1 is 1.21 bits per heavy atom. The van der Waals surface area contributed by atoms with Crippen LogP contribution >= 0.6 is 23.2 Å². The lowest BCUT2D eigenvalue weighted by Crippen LogP contribution is -2.18. The average Bonchev–Trinajstić information content (AvgIpc) is 2.50. The van der Waals surface area contributed by atoms with Gasteiger partial charge in [-0.2, -0.15) is 18.3 Å². The van der Waals surface area contributed by atoms with Crippen molar-refractivity contribution in [2.24, 2.45) is 5.10 Å². The zero-order valence-electron chi connectivity index (χ0n) is 11.7. The van der Waals surface area contributed by atoms with Crippen molar-refractivity contribution in [1.29, 1.82) is 0 Å². The molecule has 4 nitrogen and oxygen atoms in total. The van der Waals surface area contributed by atoms with Crippen LogP contribution in [0.25, 0.3) is 0 Å². The molecule has 0 aliphatic carbocycles. The first-order valence-electron chi connectivity index (χ1n) is 6.37. The zero-order valence-corrected chi connectivity index (χ0v) is 13.2. The van der Waals surface area contributed by atoms with Crippen molar-refractivity contribution in [2.45, 2.75) is 6.18 Å². The highest BCUT2D eigenvalue weighted by Gasteiger charge is 2.30. The Labute approximate surface area is 144 Å². The Balaban J connectivity index is 2.14. The highest BCUT2D eigenvalue weighted by atomic mass is 35.5. The summed E-state index contributed by atoms with van der Waals surface area (Å²) in [6, 6.07) is 6.83. The monoisotopic (exact) mass is 376 g/mol. The third-order valence-electron chi connectivity index (χ3n) is 2.87. The van der Waals surface area contributed by atoms with Crippen molar-refractivity contribution in [3.63, 3.8) is 0 Å². The van der Waals surface area contributed by atoms with Gasteiger partial charge < -0.3 is 5.11 Å². The van der Waals surface area contributed by atoms with Crippen LogP contribution in [0, 0.1) is 0 Å². The molecule has 2 N–H and O–H groups in total. The molecule has 0 fully saturated rings. The van der Waals surface area contributed by atoms with Crippen molar-refractivity contribution in [3.8, 4) is 5.75 Å². The molecule has 126 valence electrons. The van der Waals surface area contributed by atoms with Gasteiger partial charge in [-0.25, -0.2) is 5.43 Å². The van der Waals surface area contributed by atoms with Gasteiger partial charge in [0.15, 0.2) is 0 Å². The van der Waals surface area contributed by atoms with E-state index >= 15 is 0 Å². The molecule has 0 heterocycles. The van der Waals surface area contributed by atoms with Gasteiger partial charge in [-0.1, -0.05) is 35.3 Å². The van der Waals surface area contributed by atoms with Crippen LogP contribution in [0.1, 0.15) is 21.5 Å². The summed E-state index contributed by atoms with van der Waals surface area (Å²) in [5, 5.41) is 13.3. The summed E-state index contributed by atoms with van der Waals surface area (Å²) in [5.74, 6) is -1.30. The lowest BCUT2D eigenvalue weighted by molar-refractivity contribution is -0.137. The highest BCUT2D eigenvalue weighted by molar-refractivity contribution is 6.36. The normalized spacial score (nSPS) is 11.7. The molecule has 0 aliphatic heterocycles. The van der Waals surface area contributed by atoms with Crippen LogP contribution in [0.2, 0.25) is 10.0 Å². The van der Waals surface area contributed by atoms with E-state index in [1.165, 1.54) is 24.3 Å². The Kier molecular flexibility index (Phi) is 5.36. The van der Waals surface area contributed by atoms with Gasteiger partial charge in [-0.05, 0) is 29.8 Å². The Hall–Kier alpha value is -2.25. The Morgan fingerprint density at radius 3 is 2.58 bits per heavy atom. The molecule has 0 spiro atoms. The van der Waals surface area contributed by atoms with Crippen LogP contribution in [0.15, 0.2) is 41.5 Å². The van der Waals surface area contributed by atoms with E-state index in [2.05, 4.69) is 10.5 Å². The minimum Gasteiger partial charge on any atom is -0.506 e. The topological polar surface area (TPSA) is 61.7 Å². The minimum absolute atomic E-state index is 0.116. The number of halogens is 5. The standard InChI is InChI=1S/C15H9Cl2F3N2O2/c16-10-5-11(13(23)12(17)6-10)14(24)22-21-7-8-2-1-3-9(4-8)15(18,19)20/h1-7,23H,(H,22,24)/b21-7+. The van der Waals surface area contributed by atoms with Gasteiger partial charge in [-0.15, -0.1) is 0 Å². The van der Waals surface area contributed by atoms with E-state index in [9.17, 15) is 23.1 Å². The van der Waals surface area contributed by atoms with Gasteiger partial charge >= 0.3 is 6.18 Å². The Bertz CT molecular complexity index is 808. The molecule has 0 bridgehead atoms. The quantitative estimate of drug-likeness (QED) is 0.612. The summed E-state index contributed by atoms with van der Waals surface area (Å²) in [6.07, 6.45) is -3.44. The van der Waals surface area contributed by atoms with Gasteiger partial charge in [0.25, 0.3) is 5.91 Å². The van der Waals surface area contributed by atoms with Crippen molar-refractivity contribution in [2.75, 3.05) is 0 Å². The fourth-order valence-corrected chi connectivity index (χ4v) is 2.25. The number of nitrogens with one attached hydrogen (secondary N) is 1. The second-order valence-electron chi connectivity index (χ2n) is 4.61. The number of alkyl halides is 3. The number of hydrazone groups is 1. The molecule has 0 saturated carbocycles. The molecule has 0 radical (unpaired) electrons. The summed E-state index contributed by atoms with van der Waals surface area (Å²) in [4.78, 5) is 11.9. The number of phenols is 1. The summed E-state index contributed by atoms with van der Waals surface area (Å²) in [6.45, 7) is 0. The molecule has 2 aromatic rings. The molecular formula is C15H9Cl2F3N2O2. The minimum atomic E-state index is -4.48. The van der Waals surface area contributed by atoms with Crippen LogP contribution in [0.4, 0.5) is 13.2 Å². The predicted molar refractivity (Wildman–Crippen MR) is 84.6 cm³/mol. The van der Waals surface area contributed by atoms with E-state index in [1.54, 1.807) is 0 Å². The lowest BCUT2D eigenvalue weighted by atomic mass is 10.1. The second kappa shape index (κ2) is 7.11. The molecule has 0 aliphatic rings. The molecule has 0 unspecified atom stereocenters. The van der Waals surface area contributed by atoms with E-state index in [-0.39, 0.29) is 21.2 Å². The molecule has 0 atom stereocenters. The molecule has 0 aromatic heterocycles. The first-order valence-corrected chi connectivity index (χ1v) is 7.13. The van der Waals surface area contributed by atoms with E-state index in [0.29, 0.717) is 0 Å². The highest BCUT2D eigenvalue weighted by Crippen LogP contribution is 2.31. The van der Waals surface area contributed by atoms with E-state index in [0.717, 1.165) is 18.3 Å². The molecule has 9 heteroatoms. The average molecular weight is 377 g/mol. The van der Waals surface area contributed by atoms with Gasteiger partial charge in [0.1, 0.15) is 5.75 Å². The summed E-state index contributed by atoms with van der Waals surface area (Å²) < 4.78 is 37.8. The predicted octanol–water partition coefficient (Wildman–Crippen LogP) is 4.48. The maximum atomic E-state index is 12.6. The van der Waals surface area contributed by atoms with Crippen molar-refractivity contribution < 1.29 is 23.1 Å². The van der Waals surface area contributed by atoms with Gasteiger partial charge in [0.2, 0.25) is 0 Å². The summed E-state index contributed by atoms with van der Waals surface area (Å²) >= 11 is 11.4. The molecule has 2 rings (SSSR count). The maximum Gasteiger partial charge on any atom is 0.416 e. The smallest absolute Gasteiger partial charge is 0.416 e. The number of carbonyl (C=O) groups excluding carboxylic acids is 1. The fourth-order valence-electron chi connectivity index (χ4n) is 1.76. The third-order valence-corrected chi connectivity index (χ3v) is 3.37. The van der Waals surface area contributed by atoms with Crippen LogP contribution in [-0.2, 0) is 6.18 Å².